The molecule has 18 heavy (non-hydrogen) atoms. The zero-order chi connectivity index (χ0) is 13.8. The summed E-state index contributed by atoms with van der Waals surface area (Å²) >= 11 is 7.08. The summed E-state index contributed by atoms with van der Waals surface area (Å²) in [6, 6.07) is 3.10. The van der Waals surface area contributed by atoms with Gasteiger partial charge in [-0.3, -0.25) is 4.79 Å². The third-order valence-electron chi connectivity index (χ3n) is 2.18. The maximum absolute atomic E-state index is 11.7. The van der Waals surface area contributed by atoms with Crippen LogP contribution in [-0.2, 0) is 14.8 Å². The van der Waals surface area contributed by atoms with Gasteiger partial charge in [0.2, 0.25) is 10.0 Å². The molecule has 1 rings (SSSR count). The van der Waals surface area contributed by atoms with Gasteiger partial charge in [-0.25, -0.2) is 13.1 Å². The van der Waals surface area contributed by atoms with Crippen LogP contribution in [0.2, 0.25) is 4.34 Å². The average Bonchev–Trinajstić information content (AvgIpc) is 2.63. The molecule has 102 valence electrons. The fraction of sp³-hybridized carbons (Fsp3) is 0.500. The van der Waals surface area contributed by atoms with Gasteiger partial charge < -0.3 is 5.11 Å². The van der Waals surface area contributed by atoms with Crippen LogP contribution in [0.3, 0.4) is 0 Å². The fourth-order valence-corrected chi connectivity index (χ4v) is 3.81. The number of hydrogen-bond acceptors (Lipinski definition) is 4. The van der Waals surface area contributed by atoms with Crippen LogP contribution in [0.5, 0.6) is 0 Å². The van der Waals surface area contributed by atoms with Crippen molar-refractivity contribution in [2.75, 3.05) is 5.75 Å². The number of nitrogens with one attached hydrogen (secondary N) is 1. The molecule has 0 fully saturated rings. The standard InChI is InChI=1S/C10H14ClNO4S2/c1-7(8-4-5-9(11)17-8)12-18(15,16)6-2-3-10(13)14/h4-5,7,12H,2-3,6H2,1H3,(H,13,14). The lowest BCUT2D eigenvalue weighted by Crippen LogP contribution is -2.29. The van der Waals surface area contributed by atoms with Gasteiger partial charge in [-0.2, -0.15) is 0 Å². The largest absolute Gasteiger partial charge is 0.481 e. The second-order valence-electron chi connectivity index (χ2n) is 3.80. The molecule has 0 saturated heterocycles. The minimum absolute atomic E-state index is 0.0998. The van der Waals surface area contributed by atoms with E-state index in [-0.39, 0.29) is 24.6 Å². The minimum Gasteiger partial charge on any atom is -0.481 e. The van der Waals surface area contributed by atoms with Gasteiger partial charge in [0.25, 0.3) is 0 Å². The summed E-state index contributed by atoms with van der Waals surface area (Å²) in [5.41, 5.74) is 0. The number of aliphatic carboxylic acids is 1. The number of carboxylic acids is 1. The molecule has 2 N–H and O–H groups in total. The average molecular weight is 312 g/mol. The zero-order valence-corrected chi connectivity index (χ0v) is 12.1. The molecule has 0 saturated carbocycles. The summed E-state index contributed by atoms with van der Waals surface area (Å²) in [4.78, 5) is 11.1. The van der Waals surface area contributed by atoms with E-state index in [4.69, 9.17) is 16.7 Å². The first kappa shape index (κ1) is 15.4. The van der Waals surface area contributed by atoms with Crippen LogP contribution in [0, 0.1) is 0 Å². The smallest absolute Gasteiger partial charge is 0.303 e. The minimum atomic E-state index is -3.47. The van der Waals surface area contributed by atoms with Crippen molar-refractivity contribution in [2.24, 2.45) is 0 Å². The normalized spacial score (nSPS) is 13.4. The van der Waals surface area contributed by atoms with Crippen molar-refractivity contribution < 1.29 is 18.3 Å². The van der Waals surface area contributed by atoms with E-state index in [1.54, 1.807) is 19.1 Å². The fourth-order valence-electron chi connectivity index (χ4n) is 1.36. The van der Waals surface area contributed by atoms with Gasteiger partial charge in [-0.1, -0.05) is 11.6 Å². The SMILES string of the molecule is CC(NS(=O)(=O)CCCC(=O)O)c1ccc(Cl)s1. The predicted octanol–water partition coefficient (Wildman–Crippen LogP) is 2.25. The number of hydrogen-bond donors (Lipinski definition) is 2. The van der Waals surface area contributed by atoms with E-state index in [0.717, 1.165) is 4.88 Å². The van der Waals surface area contributed by atoms with Crippen LogP contribution in [-0.4, -0.2) is 25.2 Å². The number of sulfonamides is 1. The Kier molecular flexibility index (Phi) is 5.58. The van der Waals surface area contributed by atoms with E-state index in [0.29, 0.717) is 4.34 Å². The maximum Gasteiger partial charge on any atom is 0.303 e. The van der Waals surface area contributed by atoms with E-state index in [1.807, 2.05) is 0 Å². The lowest BCUT2D eigenvalue weighted by Gasteiger charge is -2.12. The van der Waals surface area contributed by atoms with Crippen molar-refractivity contribution in [3.05, 3.63) is 21.3 Å². The number of halogens is 1. The Morgan fingerprint density at radius 3 is 2.72 bits per heavy atom. The Labute approximate surface area is 115 Å². The highest BCUT2D eigenvalue weighted by atomic mass is 35.5. The van der Waals surface area contributed by atoms with E-state index >= 15 is 0 Å². The van der Waals surface area contributed by atoms with E-state index in [9.17, 15) is 13.2 Å². The van der Waals surface area contributed by atoms with Gasteiger partial charge >= 0.3 is 5.97 Å². The van der Waals surface area contributed by atoms with Crippen molar-refractivity contribution in [1.29, 1.82) is 0 Å². The number of carboxylic acid groups (broad SMARTS) is 1. The molecule has 5 nitrogen and oxygen atoms in total. The van der Waals surface area contributed by atoms with Gasteiger partial charge in [0.05, 0.1) is 16.1 Å². The number of rotatable bonds is 7. The van der Waals surface area contributed by atoms with Crippen molar-refractivity contribution >= 4 is 38.9 Å². The molecule has 8 heteroatoms. The van der Waals surface area contributed by atoms with Gasteiger partial charge in [-0.05, 0) is 25.5 Å². The lowest BCUT2D eigenvalue weighted by molar-refractivity contribution is -0.137. The Morgan fingerprint density at radius 1 is 1.56 bits per heavy atom. The topological polar surface area (TPSA) is 83.5 Å². The quantitative estimate of drug-likeness (QED) is 0.809. The van der Waals surface area contributed by atoms with Crippen LogP contribution in [0.15, 0.2) is 12.1 Å². The predicted molar refractivity (Wildman–Crippen MR) is 71.5 cm³/mol. The first-order valence-corrected chi connectivity index (χ1v) is 8.12. The first-order chi connectivity index (χ1) is 8.30. The molecule has 1 heterocycles. The van der Waals surface area contributed by atoms with Crippen LogP contribution in [0.1, 0.15) is 30.7 Å². The van der Waals surface area contributed by atoms with Gasteiger partial charge in [0.1, 0.15) is 0 Å². The molecule has 0 aliphatic heterocycles. The Morgan fingerprint density at radius 2 is 2.22 bits per heavy atom. The van der Waals surface area contributed by atoms with Crippen molar-refractivity contribution in [3.63, 3.8) is 0 Å². The highest BCUT2D eigenvalue weighted by molar-refractivity contribution is 7.89. The molecule has 0 aliphatic carbocycles. The molecule has 0 aliphatic rings. The summed E-state index contributed by atoms with van der Waals surface area (Å²) in [6.07, 6.45) is -0.0529. The summed E-state index contributed by atoms with van der Waals surface area (Å²) in [5, 5.41) is 8.44. The van der Waals surface area contributed by atoms with Gasteiger partial charge in [-0.15, -0.1) is 11.3 Å². The Bertz CT molecular complexity index is 512. The Hall–Kier alpha value is -0.630. The number of carbonyl (C=O) groups is 1. The molecule has 0 aromatic carbocycles. The molecule has 1 aromatic heterocycles. The molecular weight excluding hydrogens is 298 g/mol. The van der Waals surface area contributed by atoms with Crippen LogP contribution in [0.25, 0.3) is 0 Å². The molecule has 0 radical (unpaired) electrons. The molecular formula is C10H14ClNO4S2. The summed E-state index contributed by atoms with van der Waals surface area (Å²) in [7, 11) is -3.47. The second-order valence-corrected chi connectivity index (χ2v) is 7.42. The number of thiophene rings is 1. The highest BCUT2D eigenvalue weighted by Crippen LogP contribution is 2.27. The van der Waals surface area contributed by atoms with Crippen molar-refractivity contribution in [1.82, 2.24) is 4.72 Å². The van der Waals surface area contributed by atoms with E-state index < -0.39 is 16.0 Å². The first-order valence-electron chi connectivity index (χ1n) is 5.27. The molecule has 1 aromatic rings. The molecule has 1 unspecified atom stereocenters. The van der Waals surface area contributed by atoms with E-state index in [1.165, 1.54) is 11.3 Å². The van der Waals surface area contributed by atoms with Crippen molar-refractivity contribution in [3.8, 4) is 0 Å². The van der Waals surface area contributed by atoms with Gasteiger partial charge in [0.15, 0.2) is 0 Å². The molecule has 0 amide bonds. The third kappa shape index (κ3) is 5.34. The third-order valence-corrected chi connectivity index (χ3v) is 5.13. The Balaban J connectivity index is 2.52. The monoisotopic (exact) mass is 311 g/mol. The molecule has 1 atom stereocenters. The summed E-state index contributed by atoms with van der Waals surface area (Å²) in [6.45, 7) is 1.72. The second kappa shape index (κ2) is 6.51. The lowest BCUT2D eigenvalue weighted by atomic mass is 10.3. The van der Waals surface area contributed by atoms with Crippen molar-refractivity contribution in [2.45, 2.75) is 25.8 Å². The van der Waals surface area contributed by atoms with Crippen LogP contribution >= 0.6 is 22.9 Å². The molecule has 0 bridgehead atoms. The summed E-state index contributed by atoms with van der Waals surface area (Å²) in [5.74, 6) is -1.19. The zero-order valence-electron chi connectivity index (χ0n) is 9.72. The molecule has 0 spiro atoms. The highest BCUT2D eigenvalue weighted by Gasteiger charge is 2.17. The van der Waals surface area contributed by atoms with Gasteiger partial charge in [0, 0.05) is 11.3 Å². The van der Waals surface area contributed by atoms with Crippen LogP contribution in [0.4, 0.5) is 0 Å². The maximum atomic E-state index is 11.7. The van der Waals surface area contributed by atoms with Crippen LogP contribution < -0.4 is 4.72 Å². The van der Waals surface area contributed by atoms with E-state index in [2.05, 4.69) is 4.72 Å². The summed E-state index contributed by atoms with van der Waals surface area (Å²) < 4.78 is 26.4.